The summed E-state index contributed by atoms with van der Waals surface area (Å²) in [6, 6.07) is 7.18. The highest BCUT2D eigenvalue weighted by atomic mass is 19.1. The van der Waals surface area contributed by atoms with Gasteiger partial charge in [0.15, 0.2) is 5.78 Å². The Morgan fingerprint density at radius 2 is 2.05 bits per heavy atom. The van der Waals surface area contributed by atoms with Crippen molar-refractivity contribution < 1.29 is 9.18 Å². The molecule has 2 aliphatic rings. The van der Waals surface area contributed by atoms with Crippen molar-refractivity contribution in [3.63, 3.8) is 0 Å². The number of piperidine rings is 1. The second-order valence-electron chi connectivity index (χ2n) is 6.23. The van der Waals surface area contributed by atoms with E-state index in [1.54, 1.807) is 18.2 Å². The lowest BCUT2D eigenvalue weighted by atomic mass is 9.99. The summed E-state index contributed by atoms with van der Waals surface area (Å²) in [5.41, 5.74) is 0.513. The Morgan fingerprint density at radius 1 is 1.19 bits per heavy atom. The van der Waals surface area contributed by atoms with Crippen molar-refractivity contribution in [3.05, 3.63) is 35.6 Å². The normalized spacial score (nSPS) is 23.8. The average molecular weight is 290 g/mol. The first-order valence-corrected chi connectivity index (χ1v) is 7.94. The predicted octanol–water partition coefficient (Wildman–Crippen LogP) is 2.11. The molecule has 1 atom stereocenters. The standard InChI is InChI=1S/C17H23FN2O/c18-17-7-2-1-5-14(17)11-16(21)13-19-9-10-20-8-4-3-6-15(20)12-19/h1-2,5,7,15H,3-4,6,8-13H2. The third-order valence-corrected chi connectivity index (χ3v) is 4.67. The van der Waals surface area contributed by atoms with Gasteiger partial charge in [-0.25, -0.2) is 4.39 Å². The summed E-state index contributed by atoms with van der Waals surface area (Å²) in [5, 5.41) is 0. The minimum atomic E-state index is -0.275. The zero-order chi connectivity index (χ0) is 14.7. The molecule has 0 amide bonds. The molecule has 0 aliphatic carbocycles. The van der Waals surface area contributed by atoms with Crippen LogP contribution in [0.25, 0.3) is 0 Å². The van der Waals surface area contributed by atoms with Crippen molar-refractivity contribution in [1.82, 2.24) is 9.80 Å². The van der Waals surface area contributed by atoms with E-state index in [0.717, 1.165) is 19.6 Å². The van der Waals surface area contributed by atoms with Crippen molar-refractivity contribution in [3.8, 4) is 0 Å². The van der Waals surface area contributed by atoms with Crippen molar-refractivity contribution >= 4 is 5.78 Å². The number of fused-ring (bicyclic) bond motifs is 1. The Hall–Kier alpha value is -1.26. The molecule has 1 aromatic rings. The highest BCUT2D eigenvalue weighted by molar-refractivity contribution is 5.82. The average Bonchev–Trinajstić information content (AvgIpc) is 2.49. The lowest BCUT2D eigenvalue weighted by Gasteiger charge is -2.43. The Bertz CT molecular complexity index is 505. The molecule has 21 heavy (non-hydrogen) atoms. The monoisotopic (exact) mass is 290 g/mol. The summed E-state index contributed by atoms with van der Waals surface area (Å²) in [7, 11) is 0. The van der Waals surface area contributed by atoms with Gasteiger partial charge in [-0.1, -0.05) is 24.6 Å². The van der Waals surface area contributed by atoms with E-state index in [1.807, 2.05) is 0 Å². The number of carbonyl (C=O) groups is 1. The molecule has 0 spiro atoms. The first-order valence-electron chi connectivity index (χ1n) is 7.94. The van der Waals surface area contributed by atoms with Crippen LogP contribution in [0.2, 0.25) is 0 Å². The molecular weight excluding hydrogens is 267 g/mol. The smallest absolute Gasteiger partial charge is 0.151 e. The lowest BCUT2D eigenvalue weighted by molar-refractivity contribution is -0.120. The maximum atomic E-state index is 13.6. The van der Waals surface area contributed by atoms with Gasteiger partial charge in [0.25, 0.3) is 0 Å². The first kappa shape index (κ1) is 14.7. The zero-order valence-electron chi connectivity index (χ0n) is 12.4. The number of ketones is 1. The molecule has 0 saturated carbocycles. The number of hydrogen-bond donors (Lipinski definition) is 0. The molecule has 2 aliphatic heterocycles. The van der Waals surface area contributed by atoms with Gasteiger partial charge >= 0.3 is 0 Å². The van der Waals surface area contributed by atoms with Gasteiger partial charge < -0.3 is 0 Å². The van der Waals surface area contributed by atoms with Gasteiger partial charge in [0.1, 0.15) is 5.82 Å². The lowest BCUT2D eigenvalue weighted by Crippen LogP contribution is -2.55. The number of halogens is 1. The van der Waals surface area contributed by atoms with Crippen molar-refractivity contribution in [2.45, 2.75) is 31.7 Å². The van der Waals surface area contributed by atoms with E-state index in [-0.39, 0.29) is 18.0 Å². The summed E-state index contributed by atoms with van der Waals surface area (Å²) < 4.78 is 13.6. The number of Topliss-reactive ketones (excluding diaryl/α,β-unsaturated/α-hetero) is 1. The van der Waals surface area contributed by atoms with E-state index in [2.05, 4.69) is 9.80 Å². The van der Waals surface area contributed by atoms with Crippen LogP contribution in [0.15, 0.2) is 24.3 Å². The number of carbonyl (C=O) groups excluding carboxylic acids is 1. The highest BCUT2D eigenvalue weighted by Crippen LogP contribution is 2.21. The Morgan fingerprint density at radius 3 is 2.90 bits per heavy atom. The van der Waals surface area contributed by atoms with Gasteiger partial charge in [-0.3, -0.25) is 14.6 Å². The van der Waals surface area contributed by atoms with E-state index in [4.69, 9.17) is 0 Å². The van der Waals surface area contributed by atoms with Gasteiger partial charge in [-0.2, -0.15) is 0 Å². The summed E-state index contributed by atoms with van der Waals surface area (Å²) >= 11 is 0. The molecular formula is C17H23FN2O. The van der Waals surface area contributed by atoms with Crippen LogP contribution in [-0.4, -0.2) is 54.3 Å². The van der Waals surface area contributed by atoms with Gasteiger partial charge in [0.05, 0.1) is 6.54 Å². The van der Waals surface area contributed by atoms with Crippen molar-refractivity contribution in [2.75, 3.05) is 32.7 Å². The molecule has 1 aromatic carbocycles. The fourth-order valence-corrected chi connectivity index (χ4v) is 3.52. The minimum Gasteiger partial charge on any atom is -0.298 e. The molecule has 114 valence electrons. The molecule has 4 heteroatoms. The molecule has 0 aromatic heterocycles. The van der Waals surface area contributed by atoms with Gasteiger partial charge in [-0.05, 0) is 31.0 Å². The van der Waals surface area contributed by atoms with E-state index in [1.165, 1.54) is 31.9 Å². The summed E-state index contributed by atoms with van der Waals surface area (Å²) in [6.45, 7) is 4.68. The number of piperazine rings is 1. The summed E-state index contributed by atoms with van der Waals surface area (Å²) in [5.74, 6) is -0.160. The molecule has 1 unspecified atom stereocenters. The molecule has 0 radical (unpaired) electrons. The Balaban J connectivity index is 1.52. The second-order valence-corrected chi connectivity index (χ2v) is 6.23. The maximum absolute atomic E-state index is 13.6. The third kappa shape index (κ3) is 3.69. The fourth-order valence-electron chi connectivity index (χ4n) is 3.52. The quantitative estimate of drug-likeness (QED) is 0.848. The fraction of sp³-hybridized carbons (Fsp3) is 0.588. The first-order chi connectivity index (χ1) is 10.2. The molecule has 2 saturated heterocycles. The van der Waals surface area contributed by atoms with E-state index >= 15 is 0 Å². The number of benzene rings is 1. The minimum absolute atomic E-state index is 0.115. The predicted molar refractivity (Wildman–Crippen MR) is 80.8 cm³/mol. The molecule has 0 N–H and O–H groups in total. The van der Waals surface area contributed by atoms with Crippen molar-refractivity contribution in [1.29, 1.82) is 0 Å². The van der Waals surface area contributed by atoms with Gasteiger partial charge in [0, 0.05) is 32.1 Å². The molecule has 2 fully saturated rings. The van der Waals surface area contributed by atoms with Crippen LogP contribution in [0, 0.1) is 5.82 Å². The maximum Gasteiger partial charge on any atom is 0.151 e. The Labute approximate surface area is 125 Å². The topological polar surface area (TPSA) is 23.6 Å². The highest BCUT2D eigenvalue weighted by Gasteiger charge is 2.29. The van der Waals surface area contributed by atoms with E-state index in [9.17, 15) is 9.18 Å². The second kappa shape index (κ2) is 6.67. The third-order valence-electron chi connectivity index (χ3n) is 4.67. The van der Waals surface area contributed by atoms with Crippen LogP contribution in [0.4, 0.5) is 4.39 Å². The molecule has 3 nitrogen and oxygen atoms in total. The van der Waals surface area contributed by atoms with Crippen LogP contribution >= 0.6 is 0 Å². The summed E-state index contributed by atoms with van der Waals surface area (Å²) in [4.78, 5) is 17.0. The van der Waals surface area contributed by atoms with E-state index in [0.29, 0.717) is 18.2 Å². The van der Waals surface area contributed by atoms with Crippen LogP contribution in [0.1, 0.15) is 24.8 Å². The number of hydrogen-bond acceptors (Lipinski definition) is 3. The molecule has 3 rings (SSSR count). The van der Waals surface area contributed by atoms with Crippen molar-refractivity contribution in [2.24, 2.45) is 0 Å². The van der Waals surface area contributed by atoms with E-state index < -0.39 is 0 Å². The van der Waals surface area contributed by atoms with Gasteiger partial charge in [0.2, 0.25) is 0 Å². The van der Waals surface area contributed by atoms with Crippen LogP contribution in [-0.2, 0) is 11.2 Å². The summed E-state index contributed by atoms with van der Waals surface area (Å²) in [6.07, 6.45) is 4.07. The Kier molecular flexibility index (Phi) is 4.66. The molecule has 2 heterocycles. The SMILES string of the molecule is O=C(Cc1ccccc1F)CN1CCN2CCCCC2C1. The number of rotatable bonds is 4. The van der Waals surface area contributed by atoms with Crippen LogP contribution < -0.4 is 0 Å². The number of nitrogens with zero attached hydrogens (tertiary/aromatic N) is 2. The zero-order valence-corrected chi connectivity index (χ0v) is 12.4. The molecule has 0 bridgehead atoms. The van der Waals surface area contributed by atoms with Crippen LogP contribution in [0.3, 0.4) is 0 Å². The van der Waals surface area contributed by atoms with Crippen LogP contribution in [0.5, 0.6) is 0 Å². The largest absolute Gasteiger partial charge is 0.298 e. The van der Waals surface area contributed by atoms with Gasteiger partial charge in [-0.15, -0.1) is 0 Å².